The van der Waals surface area contributed by atoms with Gasteiger partial charge in [-0.15, -0.1) is 11.3 Å². The fraction of sp³-hybridized carbons (Fsp3) is 0.364. The Morgan fingerprint density at radius 2 is 2.33 bits per heavy atom. The molecule has 0 unspecified atom stereocenters. The van der Waals surface area contributed by atoms with Crippen molar-refractivity contribution in [2.45, 2.75) is 19.9 Å². The number of hydrogen-bond acceptors (Lipinski definition) is 4. The quantitative estimate of drug-likeness (QED) is 0.864. The Hall–Kier alpha value is -1.13. The Bertz CT molecular complexity index is 433. The second-order valence-electron chi connectivity index (χ2n) is 3.33. The van der Waals surface area contributed by atoms with Gasteiger partial charge in [0.25, 0.3) is 0 Å². The van der Waals surface area contributed by atoms with Gasteiger partial charge in [-0.25, -0.2) is 0 Å². The minimum Gasteiger partial charge on any atom is -0.355 e. The highest BCUT2D eigenvalue weighted by atomic mass is 32.1. The number of nitrogens with one attached hydrogen (secondary N) is 1. The molecule has 0 fully saturated rings. The Balaban J connectivity index is 2.31. The summed E-state index contributed by atoms with van der Waals surface area (Å²) in [5.41, 5.74) is 1.11. The van der Waals surface area contributed by atoms with Crippen LogP contribution in [-0.2, 0) is 13.0 Å². The van der Waals surface area contributed by atoms with Crippen molar-refractivity contribution >= 4 is 11.3 Å². The molecular weight excluding hydrogens is 208 g/mol. The van der Waals surface area contributed by atoms with Gasteiger partial charge in [0.1, 0.15) is 0 Å². The van der Waals surface area contributed by atoms with E-state index < -0.39 is 0 Å². The van der Waals surface area contributed by atoms with Crippen LogP contribution in [0.25, 0.3) is 10.6 Å². The van der Waals surface area contributed by atoms with Crippen LogP contribution in [0.4, 0.5) is 0 Å². The molecule has 2 aromatic rings. The van der Waals surface area contributed by atoms with Crippen LogP contribution < -0.4 is 5.32 Å². The van der Waals surface area contributed by atoms with Gasteiger partial charge < -0.3 is 9.84 Å². The summed E-state index contributed by atoms with van der Waals surface area (Å²) in [5, 5.41) is 6.95. The summed E-state index contributed by atoms with van der Waals surface area (Å²) in [4.78, 5) is 2.53. The lowest BCUT2D eigenvalue weighted by atomic mass is 10.2. The van der Waals surface area contributed by atoms with Crippen molar-refractivity contribution < 1.29 is 4.52 Å². The molecule has 0 aliphatic heterocycles. The summed E-state index contributed by atoms with van der Waals surface area (Å²) < 4.78 is 5.28. The standard InChI is InChI=1S/C11H14N2OS/c1-3-9-4-5-10(15-9)11-8(6-12-2)7-13-14-11/h4-5,7,12H,3,6H2,1-2H3. The van der Waals surface area contributed by atoms with Crippen LogP contribution in [0, 0.1) is 0 Å². The van der Waals surface area contributed by atoms with Gasteiger partial charge in [0.05, 0.1) is 11.1 Å². The van der Waals surface area contributed by atoms with E-state index in [2.05, 4.69) is 29.5 Å². The van der Waals surface area contributed by atoms with Crippen LogP contribution in [0.5, 0.6) is 0 Å². The fourth-order valence-electron chi connectivity index (χ4n) is 1.47. The maximum Gasteiger partial charge on any atom is 0.181 e. The van der Waals surface area contributed by atoms with E-state index >= 15 is 0 Å². The van der Waals surface area contributed by atoms with E-state index in [1.54, 1.807) is 17.5 Å². The lowest BCUT2D eigenvalue weighted by Crippen LogP contribution is -2.04. The number of aromatic nitrogens is 1. The van der Waals surface area contributed by atoms with Gasteiger partial charge in [-0.2, -0.15) is 0 Å². The fourth-order valence-corrected chi connectivity index (χ4v) is 2.43. The van der Waals surface area contributed by atoms with Crippen LogP contribution in [0.3, 0.4) is 0 Å². The zero-order valence-electron chi connectivity index (χ0n) is 8.91. The normalized spacial score (nSPS) is 10.8. The Morgan fingerprint density at radius 1 is 1.47 bits per heavy atom. The van der Waals surface area contributed by atoms with Gasteiger partial charge >= 0.3 is 0 Å². The highest BCUT2D eigenvalue weighted by molar-refractivity contribution is 7.15. The van der Waals surface area contributed by atoms with Crippen molar-refractivity contribution in [2.75, 3.05) is 7.05 Å². The molecule has 0 radical (unpaired) electrons. The zero-order chi connectivity index (χ0) is 10.7. The number of rotatable bonds is 4. The van der Waals surface area contributed by atoms with Crippen LogP contribution >= 0.6 is 11.3 Å². The van der Waals surface area contributed by atoms with E-state index in [1.165, 1.54) is 4.88 Å². The molecule has 4 heteroatoms. The lowest BCUT2D eigenvalue weighted by molar-refractivity contribution is 0.432. The van der Waals surface area contributed by atoms with E-state index in [0.29, 0.717) is 0 Å². The Kier molecular flexibility index (Phi) is 3.18. The highest BCUT2D eigenvalue weighted by Gasteiger charge is 2.11. The van der Waals surface area contributed by atoms with Gasteiger partial charge in [-0.1, -0.05) is 12.1 Å². The molecule has 2 aromatic heterocycles. The van der Waals surface area contributed by atoms with Crippen LogP contribution in [0.15, 0.2) is 22.9 Å². The highest BCUT2D eigenvalue weighted by Crippen LogP contribution is 2.30. The molecule has 0 spiro atoms. The number of thiophene rings is 1. The summed E-state index contributed by atoms with van der Waals surface area (Å²) >= 11 is 1.77. The number of hydrogen-bond donors (Lipinski definition) is 1. The average Bonchev–Trinajstić information content (AvgIpc) is 2.85. The van der Waals surface area contributed by atoms with Crippen molar-refractivity contribution in [1.29, 1.82) is 0 Å². The molecule has 3 nitrogen and oxygen atoms in total. The topological polar surface area (TPSA) is 38.1 Å². The SMILES string of the molecule is CCc1ccc(-c2oncc2CNC)s1. The minimum atomic E-state index is 0.790. The molecule has 2 heterocycles. The van der Waals surface area contributed by atoms with E-state index in [0.717, 1.165) is 29.2 Å². The molecule has 15 heavy (non-hydrogen) atoms. The Labute approximate surface area is 93.1 Å². The van der Waals surface area contributed by atoms with Crippen LogP contribution in [0.1, 0.15) is 17.4 Å². The monoisotopic (exact) mass is 222 g/mol. The molecule has 0 aliphatic rings. The number of aryl methyl sites for hydroxylation is 1. The van der Waals surface area contributed by atoms with Gasteiger partial charge in [0, 0.05) is 17.0 Å². The van der Waals surface area contributed by atoms with Gasteiger partial charge in [0.15, 0.2) is 5.76 Å². The van der Waals surface area contributed by atoms with Crippen molar-refractivity contribution in [3.05, 3.63) is 28.8 Å². The number of nitrogens with zero attached hydrogens (tertiary/aromatic N) is 1. The smallest absolute Gasteiger partial charge is 0.181 e. The maximum absolute atomic E-state index is 5.28. The summed E-state index contributed by atoms with van der Waals surface area (Å²) in [5.74, 6) is 0.897. The predicted molar refractivity (Wildman–Crippen MR) is 62.0 cm³/mol. The molecule has 2 rings (SSSR count). The molecule has 1 N–H and O–H groups in total. The molecule has 0 amide bonds. The average molecular weight is 222 g/mol. The third-order valence-electron chi connectivity index (χ3n) is 2.25. The van der Waals surface area contributed by atoms with E-state index in [4.69, 9.17) is 4.52 Å². The third-order valence-corrected chi connectivity index (χ3v) is 3.47. The van der Waals surface area contributed by atoms with Crippen molar-refractivity contribution in [3.63, 3.8) is 0 Å². The third kappa shape index (κ3) is 2.11. The summed E-state index contributed by atoms with van der Waals surface area (Å²) in [6.45, 7) is 2.95. The van der Waals surface area contributed by atoms with Gasteiger partial charge in [-0.3, -0.25) is 0 Å². The molecule has 80 valence electrons. The molecular formula is C11H14N2OS. The second-order valence-corrected chi connectivity index (χ2v) is 4.50. The minimum absolute atomic E-state index is 0.790. The first kappa shape index (κ1) is 10.4. The maximum atomic E-state index is 5.28. The van der Waals surface area contributed by atoms with Crippen LogP contribution in [-0.4, -0.2) is 12.2 Å². The molecule has 0 bridgehead atoms. The van der Waals surface area contributed by atoms with Crippen molar-refractivity contribution in [2.24, 2.45) is 0 Å². The Morgan fingerprint density at radius 3 is 3.00 bits per heavy atom. The van der Waals surface area contributed by atoms with E-state index in [-0.39, 0.29) is 0 Å². The van der Waals surface area contributed by atoms with Crippen molar-refractivity contribution in [3.8, 4) is 10.6 Å². The first-order chi connectivity index (χ1) is 7.35. The van der Waals surface area contributed by atoms with Crippen LogP contribution in [0.2, 0.25) is 0 Å². The summed E-state index contributed by atoms with van der Waals surface area (Å²) in [6.07, 6.45) is 2.84. The lowest BCUT2D eigenvalue weighted by Gasteiger charge is -1.96. The van der Waals surface area contributed by atoms with Gasteiger partial charge in [-0.05, 0) is 25.6 Å². The molecule has 0 saturated carbocycles. The van der Waals surface area contributed by atoms with E-state index in [1.807, 2.05) is 7.05 Å². The second kappa shape index (κ2) is 4.59. The molecule has 0 saturated heterocycles. The van der Waals surface area contributed by atoms with Crippen molar-refractivity contribution in [1.82, 2.24) is 10.5 Å². The molecule has 0 aliphatic carbocycles. The largest absolute Gasteiger partial charge is 0.355 e. The first-order valence-electron chi connectivity index (χ1n) is 5.02. The predicted octanol–water partition coefficient (Wildman–Crippen LogP) is 2.68. The van der Waals surface area contributed by atoms with E-state index in [9.17, 15) is 0 Å². The molecule has 0 atom stereocenters. The zero-order valence-corrected chi connectivity index (χ0v) is 9.73. The summed E-state index contributed by atoms with van der Waals surface area (Å²) in [7, 11) is 1.92. The summed E-state index contributed by atoms with van der Waals surface area (Å²) in [6, 6.07) is 4.24. The van der Waals surface area contributed by atoms with Gasteiger partial charge in [0.2, 0.25) is 0 Å². The molecule has 0 aromatic carbocycles. The first-order valence-corrected chi connectivity index (χ1v) is 5.84.